The average Bonchev–Trinajstić information content (AvgIpc) is 2.70. The Labute approximate surface area is 177 Å². The number of rotatable bonds is 8. The summed E-state index contributed by atoms with van der Waals surface area (Å²) in [6.45, 7) is 3.95. The summed E-state index contributed by atoms with van der Waals surface area (Å²) in [4.78, 5) is 12.2. The molecule has 0 saturated heterocycles. The maximum atomic E-state index is 12.2. The zero-order valence-corrected chi connectivity index (χ0v) is 17.9. The van der Waals surface area contributed by atoms with E-state index in [1.54, 1.807) is 26.0 Å². The summed E-state index contributed by atoms with van der Waals surface area (Å²) in [6, 6.07) is 21.1. The normalized spacial score (nSPS) is 12.0. The van der Waals surface area contributed by atoms with Gasteiger partial charge in [-0.3, -0.25) is 4.79 Å². The fourth-order valence-electron chi connectivity index (χ4n) is 3.18. The van der Waals surface area contributed by atoms with E-state index in [0.29, 0.717) is 12.1 Å². The fourth-order valence-corrected chi connectivity index (χ4v) is 4.62. The number of hydrogen-bond acceptors (Lipinski definition) is 3. The molecule has 5 nitrogen and oxygen atoms in total. The third-order valence-electron chi connectivity index (χ3n) is 4.50. The van der Waals surface area contributed by atoms with E-state index in [4.69, 9.17) is 0 Å². The molecular formula is C24H26N2O3S. The third-order valence-corrected chi connectivity index (χ3v) is 6.04. The van der Waals surface area contributed by atoms with E-state index in [2.05, 4.69) is 10.0 Å². The standard InChI is InChI=1S/C24H26N2O3S/c1-18(2)26-30(28,29)17-20-12-10-19(11-13-20)16-25-24(27)15-14-22-8-5-7-21-6-3-4-9-23(21)22/h3-15,18,26H,16-17H2,1-2H3,(H,25,27)/b15-14+. The molecule has 30 heavy (non-hydrogen) atoms. The van der Waals surface area contributed by atoms with Gasteiger partial charge in [0.1, 0.15) is 0 Å². The van der Waals surface area contributed by atoms with Crippen molar-refractivity contribution in [3.63, 3.8) is 0 Å². The Morgan fingerprint density at radius 1 is 0.933 bits per heavy atom. The van der Waals surface area contributed by atoms with Crippen LogP contribution >= 0.6 is 0 Å². The Hall–Kier alpha value is -2.96. The van der Waals surface area contributed by atoms with E-state index in [-0.39, 0.29) is 17.7 Å². The van der Waals surface area contributed by atoms with Crippen LogP contribution in [0.3, 0.4) is 0 Å². The van der Waals surface area contributed by atoms with E-state index in [1.807, 2.05) is 60.7 Å². The molecule has 1 amide bonds. The predicted molar refractivity (Wildman–Crippen MR) is 122 cm³/mol. The van der Waals surface area contributed by atoms with Gasteiger partial charge in [0.2, 0.25) is 15.9 Å². The summed E-state index contributed by atoms with van der Waals surface area (Å²) >= 11 is 0. The summed E-state index contributed by atoms with van der Waals surface area (Å²) in [5.41, 5.74) is 2.60. The number of sulfonamides is 1. The van der Waals surface area contributed by atoms with E-state index in [0.717, 1.165) is 21.9 Å². The lowest BCUT2D eigenvalue weighted by Gasteiger charge is -2.10. The average molecular weight is 423 g/mol. The zero-order valence-electron chi connectivity index (χ0n) is 17.1. The number of fused-ring (bicyclic) bond motifs is 1. The van der Waals surface area contributed by atoms with Gasteiger partial charge in [-0.2, -0.15) is 0 Å². The third kappa shape index (κ3) is 6.27. The van der Waals surface area contributed by atoms with Gasteiger partial charge in [0.25, 0.3) is 0 Å². The summed E-state index contributed by atoms with van der Waals surface area (Å²) < 4.78 is 26.6. The van der Waals surface area contributed by atoms with Crippen molar-refractivity contribution >= 4 is 32.8 Å². The smallest absolute Gasteiger partial charge is 0.244 e. The first-order chi connectivity index (χ1) is 14.3. The van der Waals surface area contributed by atoms with Crippen LogP contribution in [0, 0.1) is 0 Å². The molecule has 0 fully saturated rings. The Morgan fingerprint density at radius 3 is 2.33 bits per heavy atom. The van der Waals surface area contributed by atoms with E-state index < -0.39 is 10.0 Å². The first-order valence-corrected chi connectivity index (χ1v) is 11.5. The lowest BCUT2D eigenvalue weighted by atomic mass is 10.0. The minimum absolute atomic E-state index is 0.0639. The predicted octanol–water partition coefficient (Wildman–Crippen LogP) is 4.00. The molecule has 0 atom stereocenters. The van der Waals surface area contributed by atoms with Crippen molar-refractivity contribution in [2.24, 2.45) is 0 Å². The molecule has 0 bridgehead atoms. The van der Waals surface area contributed by atoms with Crippen molar-refractivity contribution in [3.8, 4) is 0 Å². The second kappa shape index (κ2) is 9.69. The first-order valence-electron chi connectivity index (χ1n) is 9.84. The van der Waals surface area contributed by atoms with Gasteiger partial charge in [-0.15, -0.1) is 0 Å². The van der Waals surface area contributed by atoms with Gasteiger partial charge in [0.05, 0.1) is 5.75 Å². The molecule has 0 aliphatic heterocycles. The van der Waals surface area contributed by atoms with Crippen LogP contribution < -0.4 is 10.0 Å². The van der Waals surface area contributed by atoms with E-state index >= 15 is 0 Å². The molecule has 3 rings (SSSR count). The lowest BCUT2D eigenvalue weighted by molar-refractivity contribution is -0.116. The van der Waals surface area contributed by atoms with E-state index in [1.165, 1.54) is 6.08 Å². The van der Waals surface area contributed by atoms with Crippen molar-refractivity contribution in [1.29, 1.82) is 0 Å². The molecule has 0 radical (unpaired) electrons. The van der Waals surface area contributed by atoms with Crippen LogP contribution in [0.15, 0.2) is 72.8 Å². The van der Waals surface area contributed by atoms with Crippen molar-refractivity contribution in [2.45, 2.75) is 32.2 Å². The summed E-state index contributed by atoms with van der Waals surface area (Å²) in [5.74, 6) is -0.248. The zero-order chi connectivity index (χ0) is 21.6. The topological polar surface area (TPSA) is 75.3 Å². The summed E-state index contributed by atoms with van der Waals surface area (Å²) in [7, 11) is -3.35. The number of carbonyl (C=O) groups excluding carboxylic acids is 1. The molecular weight excluding hydrogens is 396 g/mol. The largest absolute Gasteiger partial charge is 0.348 e. The first kappa shape index (κ1) is 21.7. The molecule has 0 saturated carbocycles. The summed E-state index contributed by atoms with van der Waals surface area (Å²) in [6.07, 6.45) is 3.34. The number of hydrogen-bond donors (Lipinski definition) is 2. The Bertz CT molecular complexity index is 1150. The molecule has 0 aliphatic rings. The monoisotopic (exact) mass is 422 g/mol. The van der Waals surface area contributed by atoms with Gasteiger partial charge < -0.3 is 5.32 Å². The summed E-state index contributed by atoms with van der Waals surface area (Å²) in [5, 5.41) is 5.08. The quantitative estimate of drug-likeness (QED) is 0.539. The highest BCUT2D eigenvalue weighted by atomic mass is 32.2. The lowest BCUT2D eigenvalue weighted by Crippen LogP contribution is -2.31. The van der Waals surface area contributed by atoms with Gasteiger partial charge in [-0.25, -0.2) is 13.1 Å². The highest BCUT2D eigenvalue weighted by Crippen LogP contribution is 2.19. The number of benzene rings is 3. The van der Waals surface area contributed by atoms with Crippen LogP contribution in [0.4, 0.5) is 0 Å². The van der Waals surface area contributed by atoms with Crippen LogP contribution in [-0.4, -0.2) is 20.4 Å². The van der Waals surface area contributed by atoms with Crippen molar-refractivity contribution in [2.75, 3.05) is 0 Å². The number of nitrogens with one attached hydrogen (secondary N) is 2. The number of carbonyl (C=O) groups is 1. The van der Waals surface area contributed by atoms with Crippen LogP contribution in [-0.2, 0) is 27.1 Å². The molecule has 0 aliphatic carbocycles. The van der Waals surface area contributed by atoms with Gasteiger partial charge in [-0.05, 0) is 47.4 Å². The Morgan fingerprint density at radius 2 is 1.60 bits per heavy atom. The van der Waals surface area contributed by atoms with Crippen LogP contribution in [0.5, 0.6) is 0 Å². The van der Waals surface area contributed by atoms with Crippen LogP contribution in [0.25, 0.3) is 16.8 Å². The molecule has 3 aromatic carbocycles. The maximum absolute atomic E-state index is 12.2. The van der Waals surface area contributed by atoms with Gasteiger partial charge in [0, 0.05) is 18.7 Å². The highest BCUT2D eigenvalue weighted by molar-refractivity contribution is 7.88. The highest BCUT2D eigenvalue weighted by Gasteiger charge is 2.12. The second-order valence-electron chi connectivity index (χ2n) is 7.47. The molecule has 6 heteroatoms. The fraction of sp³-hybridized carbons (Fsp3) is 0.208. The molecule has 3 aromatic rings. The van der Waals surface area contributed by atoms with Crippen LogP contribution in [0.2, 0.25) is 0 Å². The van der Waals surface area contributed by atoms with Crippen LogP contribution in [0.1, 0.15) is 30.5 Å². The molecule has 156 valence electrons. The van der Waals surface area contributed by atoms with Gasteiger partial charge >= 0.3 is 0 Å². The Kier molecular flexibility index (Phi) is 7.03. The molecule has 0 unspecified atom stereocenters. The molecule has 0 aromatic heterocycles. The minimum Gasteiger partial charge on any atom is -0.348 e. The number of amides is 1. The van der Waals surface area contributed by atoms with E-state index in [9.17, 15) is 13.2 Å². The van der Waals surface area contributed by atoms with Crippen molar-refractivity contribution in [1.82, 2.24) is 10.0 Å². The minimum atomic E-state index is -3.35. The maximum Gasteiger partial charge on any atom is 0.244 e. The Balaban J connectivity index is 1.56. The molecule has 0 spiro atoms. The van der Waals surface area contributed by atoms with Crippen molar-refractivity contribution in [3.05, 3.63) is 89.5 Å². The van der Waals surface area contributed by atoms with Gasteiger partial charge in [-0.1, -0.05) is 66.7 Å². The molecule has 0 heterocycles. The van der Waals surface area contributed by atoms with Gasteiger partial charge in [0.15, 0.2) is 0 Å². The second-order valence-corrected chi connectivity index (χ2v) is 9.22. The SMILES string of the molecule is CC(C)NS(=O)(=O)Cc1ccc(CNC(=O)/C=C/c2cccc3ccccc23)cc1. The molecule has 2 N–H and O–H groups in total. The van der Waals surface area contributed by atoms with Crippen molar-refractivity contribution < 1.29 is 13.2 Å².